The average Bonchev–Trinajstić information content (AvgIpc) is 2.68. The van der Waals surface area contributed by atoms with E-state index in [1.54, 1.807) is 0 Å². The number of piperidine rings is 1. The van der Waals surface area contributed by atoms with Crippen molar-refractivity contribution in [1.29, 1.82) is 0 Å². The Hall–Kier alpha value is -0.120. The minimum atomic E-state index is 0.595. The van der Waals surface area contributed by atoms with E-state index < -0.39 is 0 Å². The number of methoxy groups -OCH3 is 1. The predicted octanol–water partition coefficient (Wildman–Crippen LogP) is 1.34. The lowest BCUT2D eigenvalue weighted by atomic mass is 9.94. The molecule has 0 radical (unpaired) electrons. The average molecular weight is 226 g/mol. The molecule has 3 nitrogen and oxygen atoms in total. The van der Waals surface area contributed by atoms with E-state index in [9.17, 15) is 0 Å². The molecule has 3 atom stereocenters. The van der Waals surface area contributed by atoms with Crippen molar-refractivity contribution in [2.75, 3.05) is 33.4 Å². The molecule has 2 rings (SSSR count). The summed E-state index contributed by atoms with van der Waals surface area (Å²) in [6.45, 7) is 9.18. The predicted molar refractivity (Wildman–Crippen MR) is 66.6 cm³/mol. The van der Waals surface area contributed by atoms with Gasteiger partial charge in [0.05, 0.1) is 6.61 Å². The number of hydrogen-bond acceptors (Lipinski definition) is 3. The highest BCUT2D eigenvalue weighted by molar-refractivity contribution is 4.94. The Balaban J connectivity index is 1.94. The van der Waals surface area contributed by atoms with E-state index in [0.29, 0.717) is 12.0 Å². The van der Waals surface area contributed by atoms with Gasteiger partial charge >= 0.3 is 0 Å². The van der Waals surface area contributed by atoms with Gasteiger partial charge in [-0.1, -0.05) is 13.8 Å². The van der Waals surface area contributed by atoms with Crippen LogP contribution in [0.15, 0.2) is 0 Å². The molecule has 0 aromatic carbocycles. The quantitative estimate of drug-likeness (QED) is 0.783. The first kappa shape index (κ1) is 12.3. The molecule has 0 aromatic heterocycles. The van der Waals surface area contributed by atoms with Crippen LogP contribution in [0, 0.1) is 11.8 Å². The summed E-state index contributed by atoms with van der Waals surface area (Å²) in [6.07, 6.45) is 2.76. The second-order valence-corrected chi connectivity index (χ2v) is 5.68. The van der Waals surface area contributed by atoms with Gasteiger partial charge in [0, 0.05) is 32.3 Å². The van der Waals surface area contributed by atoms with Gasteiger partial charge in [0.1, 0.15) is 0 Å². The fourth-order valence-corrected chi connectivity index (χ4v) is 3.24. The molecule has 1 N–H and O–H groups in total. The lowest BCUT2D eigenvalue weighted by molar-refractivity contribution is 0.0763. The molecule has 2 heterocycles. The Morgan fingerprint density at radius 3 is 2.81 bits per heavy atom. The summed E-state index contributed by atoms with van der Waals surface area (Å²) in [5.74, 6) is 1.56. The van der Waals surface area contributed by atoms with E-state index >= 15 is 0 Å². The third-order valence-corrected chi connectivity index (χ3v) is 4.20. The van der Waals surface area contributed by atoms with Crippen molar-refractivity contribution in [3.05, 3.63) is 0 Å². The number of nitrogens with zero attached hydrogens (tertiary/aromatic N) is 1. The van der Waals surface area contributed by atoms with Gasteiger partial charge < -0.3 is 10.1 Å². The molecule has 0 aromatic rings. The van der Waals surface area contributed by atoms with Crippen molar-refractivity contribution >= 4 is 0 Å². The lowest BCUT2D eigenvalue weighted by Crippen LogP contribution is -2.43. The van der Waals surface area contributed by atoms with Crippen molar-refractivity contribution in [3.8, 4) is 0 Å². The van der Waals surface area contributed by atoms with Crippen LogP contribution in [-0.4, -0.2) is 50.3 Å². The Kier molecular flexibility index (Phi) is 4.22. The fraction of sp³-hybridized carbons (Fsp3) is 1.00. The van der Waals surface area contributed by atoms with Gasteiger partial charge in [-0.25, -0.2) is 0 Å². The van der Waals surface area contributed by atoms with Crippen molar-refractivity contribution in [3.63, 3.8) is 0 Å². The third-order valence-electron chi connectivity index (χ3n) is 4.20. The van der Waals surface area contributed by atoms with Gasteiger partial charge in [-0.3, -0.25) is 4.90 Å². The zero-order valence-corrected chi connectivity index (χ0v) is 10.9. The van der Waals surface area contributed by atoms with Crippen LogP contribution < -0.4 is 5.32 Å². The normalized spacial score (nSPS) is 33.0. The first-order valence-electron chi connectivity index (χ1n) is 6.68. The Morgan fingerprint density at radius 1 is 1.38 bits per heavy atom. The molecule has 0 aliphatic carbocycles. The highest BCUT2D eigenvalue weighted by atomic mass is 16.5. The summed E-state index contributed by atoms with van der Waals surface area (Å²) < 4.78 is 5.37. The molecular weight excluding hydrogens is 200 g/mol. The molecule has 16 heavy (non-hydrogen) atoms. The lowest BCUT2D eigenvalue weighted by Gasteiger charge is -2.30. The molecule has 2 saturated heterocycles. The summed E-state index contributed by atoms with van der Waals surface area (Å²) >= 11 is 0. The summed E-state index contributed by atoms with van der Waals surface area (Å²) in [5.41, 5.74) is 0. The topological polar surface area (TPSA) is 24.5 Å². The van der Waals surface area contributed by atoms with Crippen LogP contribution >= 0.6 is 0 Å². The second kappa shape index (κ2) is 5.48. The van der Waals surface area contributed by atoms with Crippen molar-refractivity contribution in [2.45, 2.75) is 38.8 Å². The van der Waals surface area contributed by atoms with Crippen LogP contribution in [0.4, 0.5) is 0 Å². The molecule has 0 bridgehead atoms. The highest BCUT2D eigenvalue weighted by Crippen LogP contribution is 2.28. The van der Waals surface area contributed by atoms with Crippen LogP contribution in [0.3, 0.4) is 0 Å². The summed E-state index contributed by atoms with van der Waals surface area (Å²) in [6, 6.07) is 1.34. The zero-order chi connectivity index (χ0) is 11.5. The molecule has 2 fully saturated rings. The number of hydrogen-bond donors (Lipinski definition) is 1. The first-order valence-corrected chi connectivity index (χ1v) is 6.68. The molecule has 94 valence electrons. The van der Waals surface area contributed by atoms with Gasteiger partial charge in [0.25, 0.3) is 0 Å². The Morgan fingerprint density at radius 2 is 2.19 bits per heavy atom. The number of rotatable bonds is 4. The van der Waals surface area contributed by atoms with E-state index in [1.165, 1.54) is 32.5 Å². The SMILES string of the molecule is COCC(C(C)C)N1C[C@@H]2CCCN[C@@H]2C1. The zero-order valence-electron chi connectivity index (χ0n) is 10.9. The Bertz CT molecular complexity index is 206. The van der Waals surface area contributed by atoms with E-state index in [4.69, 9.17) is 4.74 Å². The van der Waals surface area contributed by atoms with Crippen molar-refractivity contribution < 1.29 is 4.74 Å². The first-order chi connectivity index (χ1) is 7.72. The summed E-state index contributed by atoms with van der Waals surface area (Å²) in [7, 11) is 1.82. The van der Waals surface area contributed by atoms with Gasteiger partial charge in [0.2, 0.25) is 0 Å². The largest absolute Gasteiger partial charge is 0.383 e. The summed E-state index contributed by atoms with van der Waals surface area (Å²) in [4.78, 5) is 2.64. The van der Waals surface area contributed by atoms with Gasteiger partial charge in [-0.05, 0) is 31.2 Å². The molecule has 1 unspecified atom stereocenters. The van der Waals surface area contributed by atoms with E-state index in [-0.39, 0.29) is 0 Å². The van der Waals surface area contributed by atoms with E-state index in [0.717, 1.165) is 18.6 Å². The second-order valence-electron chi connectivity index (χ2n) is 5.68. The van der Waals surface area contributed by atoms with Crippen molar-refractivity contribution in [1.82, 2.24) is 10.2 Å². The fourth-order valence-electron chi connectivity index (χ4n) is 3.24. The maximum Gasteiger partial charge on any atom is 0.0620 e. The Labute approximate surface area is 99.5 Å². The molecule has 2 aliphatic rings. The number of likely N-dealkylation sites (tertiary alicyclic amines) is 1. The maximum absolute atomic E-state index is 5.37. The van der Waals surface area contributed by atoms with E-state index in [2.05, 4.69) is 24.1 Å². The van der Waals surface area contributed by atoms with E-state index in [1.807, 2.05) is 7.11 Å². The van der Waals surface area contributed by atoms with Crippen LogP contribution in [-0.2, 0) is 4.74 Å². The number of fused-ring (bicyclic) bond motifs is 1. The van der Waals surface area contributed by atoms with Crippen LogP contribution in [0.1, 0.15) is 26.7 Å². The maximum atomic E-state index is 5.37. The van der Waals surface area contributed by atoms with Gasteiger partial charge in [-0.15, -0.1) is 0 Å². The van der Waals surface area contributed by atoms with Crippen LogP contribution in [0.25, 0.3) is 0 Å². The van der Waals surface area contributed by atoms with Crippen LogP contribution in [0.2, 0.25) is 0 Å². The molecular formula is C13H26N2O. The minimum Gasteiger partial charge on any atom is -0.383 e. The monoisotopic (exact) mass is 226 g/mol. The van der Waals surface area contributed by atoms with Crippen LogP contribution in [0.5, 0.6) is 0 Å². The highest BCUT2D eigenvalue weighted by Gasteiger charge is 2.37. The smallest absolute Gasteiger partial charge is 0.0620 e. The molecule has 0 spiro atoms. The molecule has 0 amide bonds. The molecule has 2 aliphatic heterocycles. The third kappa shape index (κ3) is 2.58. The summed E-state index contributed by atoms with van der Waals surface area (Å²) in [5, 5.41) is 3.66. The molecule has 0 saturated carbocycles. The number of nitrogens with one attached hydrogen (secondary N) is 1. The standard InChI is InChI=1S/C13H26N2O/c1-10(2)13(9-16-3)15-7-11-5-4-6-14-12(11)8-15/h10-14H,4-9H2,1-3H3/t11-,12+,13?/m0/s1. The molecule has 3 heteroatoms. The van der Waals surface area contributed by atoms with Gasteiger partial charge in [0.15, 0.2) is 0 Å². The van der Waals surface area contributed by atoms with Gasteiger partial charge in [-0.2, -0.15) is 0 Å². The minimum absolute atomic E-state index is 0.595. The number of ether oxygens (including phenoxy) is 1. The van der Waals surface area contributed by atoms with Crippen molar-refractivity contribution in [2.24, 2.45) is 11.8 Å².